The van der Waals surface area contributed by atoms with Crippen molar-refractivity contribution >= 4 is 0 Å². The predicted molar refractivity (Wildman–Crippen MR) is 77.9 cm³/mol. The van der Waals surface area contributed by atoms with Gasteiger partial charge in [0.25, 0.3) is 0 Å². The number of rotatable bonds is 8. The summed E-state index contributed by atoms with van der Waals surface area (Å²) < 4.78 is 5.73. The van der Waals surface area contributed by atoms with Crippen LogP contribution >= 0.6 is 0 Å². The molecule has 0 aromatic heterocycles. The minimum absolute atomic E-state index is 0.283. The van der Waals surface area contributed by atoms with Crippen LogP contribution in [0.3, 0.4) is 0 Å². The van der Waals surface area contributed by atoms with E-state index < -0.39 is 0 Å². The van der Waals surface area contributed by atoms with Crippen molar-refractivity contribution in [1.29, 1.82) is 0 Å². The van der Waals surface area contributed by atoms with E-state index in [1.165, 1.54) is 17.5 Å². The first-order valence-electron chi connectivity index (χ1n) is 7.11. The van der Waals surface area contributed by atoms with Crippen LogP contribution in [0.15, 0.2) is 24.3 Å². The Morgan fingerprint density at radius 1 is 1.11 bits per heavy atom. The molecule has 0 fully saturated rings. The second-order valence-corrected chi connectivity index (χ2v) is 4.98. The van der Waals surface area contributed by atoms with E-state index in [1.807, 2.05) is 0 Å². The Bertz CT molecular complexity index is 318. The standard InChI is InChI=1S/C16H27NO/c1-5-7-14-8-10-15(11-9-14)16(17-6-2)12-18-13(3)4/h8-11,13,16-17H,5-7,12H2,1-4H3. The van der Waals surface area contributed by atoms with Crippen LogP contribution in [0.5, 0.6) is 0 Å². The molecule has 1 aromatic rings. The van der Waals surface area contributed by atoms with Crippen molar-refractivity contribution in [3.63, 3.8) is 0 Å². The van der Waals surface area contributed by atoms with Crippen LogP contribution in [0.1, 0.15) is 51.3 Å². The summed E-state index contributed by atoms with van der Waals surface area (Å²) in [6.45, 7) is 10.2. The van der Waals surface area contributed by atoms with Gasteiger partial charge in [-0.2, -0.15) is 0 Å². The molecule has 0 radical (unpaired) electrons. The maximum absolute atomic E-state index is 5.73. The largest absolute Gasteiger partial charge is 0.377 e. The van der Waals surface area contributed by atoms with Crippen molar-refractivity contribution in [1.82, 2.24) is 5.32 Å². The minimum atomic E-state index is 0.283. The molecule has 0 aliphatic rings. The summed E-state index contributed by atoms with van der Waals surface area (Å²) in [5, 5.41) is 3.48. The lowest BCUT2D eigenvalue weighted by atomic mass is 10.0. The Morgan fingerprint density at radius 3 is 2.28 bits per heavy atom. The van der Waals surface area contributed by atoms with E-state index in [-0.39, 0.29) is 6.10 Å². The summed E-state index contributed by atoms with van der Waals surface area (Å²) in [7, 11) is 0. The lowest BCUT2D eigenvalue weighted by molar-refractivity contribution is 0.0614. The molecule has 0 bridgehead atoms. The van der Waals surface area contributed by atoms with Crippen LogP contribution in [0.25, 0.3) is 0 Å². The molecule has 1 unspecified atom stereocenters. The van der Waals surface area contributed by atoms with E-state index in [9.17, 15) is 0 Å². The fourth-order valence-electron chi connectivity index (χ4n) is 2.01. The third kappa shape index (κ3) is 5.19. The SMILES string of the molecule is CCCc1ccc(C(COC(C)C)NCC)cc1. The van der Waals surface area contributed by atoms with Crippen molar-refractivity contribution in [2.75, 3.05) is 13.2 Å². The Labute approximate surface area is 112 Å². The Kier molecular flexibility index (Phi) is 6.99. The second-order valence-electron chi connectivity index (χ2n) is 4.98. The number of aryl methyl sites for hydroxylation is 1. The van der Waals surface area contributed by atoms with E-state index >= 15 is 0 Å². The van der Waals surface area contributed by atoms with Crippen LogP contribution < -0.4 is 5.32 Å². The Hall–Kier alpha value is -0.860. The zero-order valence-electron chi connectivity index (χ0n) is 12.2. The molecule has 0 saturated heterocycles. The van der Waals surface area contributed by atoms with Crippen LogP contribution in [0, 0.1) is 0 Å². The van der Waals surface area contributed by atoms with Gasteiger partial charge in [-0.3, -0.25) is 0 Å². The zero-order chi connectivity index (χ0) is 13.4. The van der Waals surface area contributed by atoms with E-state index in [4.69, 9.17) is 4.74 Å². The lowest BCUT2D eigenvalue weighted by Crippen LogP contribution is -2.26. The number of nitrogens with one attached hydrogen (secondary N) is 1. The van der Waals surface area contributed by atoms with Crippen molar-refractivity contribution < 1.29 is 4.74 Å². The average molecular weight is 249 g/mol. The predicted octanol–water partition coefficient (Wildman–Crippen LogP) is 3.71. The van der Waals surface area contributed by atoms with Gasteiger partial charge in [0, 0.05) is 0 Å². The van der Waals surface area contributed by atoms with Crippen molar-refractivity contribution in [2.24, 2.45) is 0 Å². The molecular weight excluding hydrogens is 222 g/mol. The van der Waals surface area contributed by atoms with Gasteiger partial charge in [-0.05, 0) is 37.9 Å². The summed E-state index contributed by atoms with van der Waals surface area (Å²) in [6.07, 6.45) is 2.65. The van der Waals surface area contributed by atoms with Gasteiger partial charge in [-0.1, -0.05) is 44.5 Å². The highest BCUT2D eigenvalue weighted by atomic mass is 16.5. The van der Waals surface area contributed by atoms with Gasteiger partial charge < -0.3 is 10.1 Å². The third-order valence-corrected chi connectivity index (χ3v) is 2.97. The smallest absolute Gasteiger partial charge is 0.0664 e. The minimum Gasteiger partial charge on any atom is -0.377 e. The Morgan fingerprint density at radius 2 is 1.78 bits per heavy atom. The molecular formula is C16H27NO. The molecule has 2 nitrogen and oxygen atoms in total. The molecule has 1 N–H and O–H groups in total. The highest BCUT2D eigenvalue weighted by molar-refractivity contribution is 5.25. The molecule has 0 aliphatic carbocycles. The molecule has 1 atom stereocenters. The molecule has 18 heavy (non-hydrogen) atoms. The number of likely N-dealkylation sites (N-methyl/N-ethyl adjacent to an activating group) is 1. The molecule has 1 aromatic carbocycles. The van der Waals surface area contributed by atoms with E-state index in [0.717, 1.165) is 19.6 Å². The first-order chi connectivity index (χ1) is 8.67. The van der Waals surface area contributed by atoms with Crippen LogP contribution in [0.4, 0.5) is 0 Å². The third-order valence-electron chi connectivity index (χ3n) is 2.97. The van der Waals surface area contributed by atoms with Crippen molar-refractivity contribution in [2.45, 2.75) is 52.7 Å². The van der Waals surface area contributed by atoms with Crippen LogP contribution in [-0.4, -0.2) is 19.3 Å². The normalized spacial score (nSPS) is 12.9. The van der Waals surface area contributed by atoms with Gasteiger partial charge in [0.1, 0.15) is 0 Å². The van der Waals surface area contributed by atoms with E-state index in [1.54, 1.807) is 0 Å². The first kappa shape index (κ1) is 15.2. The molecule has 102 valence electrons. The molecule has 0 saturated carbocycles. The molecule has 1 rings (SSSR count). The van der Waals surface area contributed by atoms with Gasteiger partial charge >= 0.3 is 0 Å². The summed E-state index contributed by atoms with van der Waals surface area (Å²) in [6, 6.07) is 9.22. The maximum atomic E-state index is 5.73. The van der Waals surface area contributed by atoms with E-state index in [0.29, 0.717) is 6.04 Å². The number of hydrogen-bond acceptors (Lipinski definition) is 2. The van der Waals surface area contributed by atoms with Crippen molar-refractivity contribution in [3.05, 3.63) is 35.4 Å². The number of ether oxygens (including phenoxy) is 1. The summed E-state index contributed by atoms with van der Waals surface area (Å²) in [5.41, 5.74) is 2.73. The van der Waals surface area contributed by atoms with Gasteiger partial charge in [-0.25, -0.2) is 0 Å². The second kappa shape index (κ2) is 8.28. The molecule has 0 heterocycles. The fraction of sp³-hybridized carbons (Fsp3) is 0.625. The van der Waals surface area contributed by atoms with Crippen molar-refractivity contribution in [3.8, 4) is 0 Å². The van der Waals surface area contributed by atoms with Gasteiger partial charge in [0.2, 0.25) is 0 Å². The molecule has 0 aliphatic heterocycles. The molecule has 2 heteroatoms. The lowest BCUT2D eigenvalue weighted by Gasteiger charge is -2.20. The fourth-order valence-corrected chi connectivity index (χ4v) is 2.01. The van der Waals surface area contributed by atoms with Gasteiger partial charge in [-0.15, -0.1) is 0 Å². The molecule has 0 spiro atoms. The highest BCUT2D eigenvalue weighted by Gasteiger charge is 2.11. The van der Waals surface area contributed by atoms with Crippen LogP contribution in [-0.2, 0) is 11.2 Å². The van der Waals surface area contributed by atoms with E-state index in [2.05, 4.69) is 57.3 Å². The average Bonchev–Trinajstić information content (AvgIpc) is 2.36. The zero-order valence-corrected chi connectivity index (χ0v) is 12.2. The molecule has 0 amide bonds. The summed E-state index contributed by atoms with van der Waals surface area (Å²) in [5.74, 6) is 0. The first-order valence-corrected chi connectivity index (χ1v) is 7.11. The topological polar surface area (TPSA) is 21.3 Å². The quantitative estimate of drug-likeness (QED) is 0.758. The highest BCUT2D eigenvalue weighted by Crippen LogP contribution is 2.16. The maximum Gasteiger partial charge on any atom is 0.0664 e. The Balaban J connectivity index is 2.65. The van der Waals surface area contributed by atoms with Crippen LogP contribution in [0.2, 0.25) is 0 Å². The monoisotopic (exact) mass is 249 g/mol. The number of benzene rings is 1. The van der Waals surface area contributed by atoms with Gasteiger partial charge in [0.05, 0.1) is 18.8 Å². The summed E-state index contributed by atoms with van der Waals surface area (Å²) in [4.78, 5) is 0. The number of hydrogen-bond donors (Lipinski definition) is 1. The summed E-state index contributed by atoms with van der Waals surface area (Å²) >= 11 is 0. The van der Waals surface area contributed by atoms with Gasteiger partial charge in [0.15, 0.2) is 0 Å².